The van der Waals surface area contributed by atoms with Crippen LogP contribution in [-0.4, -0.2) is 32.7 Å². The summed E-state index contributed by atoms with van der Waals surface area (Å²) in [5.41, 5.74) is -0.0227. The molecule has 24 heavy (non-hydrogen) atoms. The van der Waals surface area contributed by atoms with E-state index in [0.29, 0.717) is 4.47 Å². The van der Waals surface area contributed by atoms with Crippen molar-refractivity contribution in [1.82, 2.24) is 4.31 Å². The minimum atomic E-state index is -3.74. The molecule has 0 atom stereocenters. The molecular weight excluding hydrogens is 423 g/mol. The van der Waals surface area contributed by atoms with Crippen LogP contribution >= 0.6 is 27.5 Å². The Kier molecular flexibility index (Phi) is 5.64. The summed E-state index contributed by atoms with van der Waals surface area (Å²) in [7, 11) is -0.970. The zero-order valence-electron chi connectivity index (χ0n) is 12.7. The highest BCUT2D eigenvalue weighted by Crippen LogP contribution is 2.26. The average molecular weight is 436 g/mol. The Labute approximate surface area is 152 Å². The molecule has 0 saturated heterocycles. The normalized spacial score (nSPS) is 11.6. The number of hydrogen-bond acceptors (Lipinski definition) is 3. The molecule has 0 unspecified atom stereocenters. The fraction of sp³-hybridized carbons (Fsp3) is 0.133. The third kappa shape index (κ3) is 3.77. The van der Waals surface area contributed by atoms with Gasteiger partial charge in [-0.3, -0.25) is 4.79 Å². The van der Waals surface area contributed by atoms with Crippen LogP contribution in [0.1, 0.15) is 10.4 Å². The first-order valence-electron chi connectivity index (χ1n) is 6.62. The molecule has 9 heteroatoms. The molecule has 0 aliphatic carbocycles. The number of nitrogens with one attached hydrogen (secondary N) is 1. The number of carbonyl (C=O) groups excluding carboxylic acids is 1. The van der Waals surface area contributed by atoms with Crippen molar-refractivity contribution in [3.8, 4) is 0 Å². The molecule has 2 aromatic rings. The molecular formula is C15H13BrClFN2O3S. The van der Waals surface area contributed by atoms with Gasteiger partial charge in [-0.1, -0.05) is 17.7 Å². The molecule has 2 aromatic carbocycles. The fourth-order valence-electron chi connectivity index (χ4n) is 1.83. The zero-order valence-corrected chi connectivity index (χ0v) is 15.8. The first-order chi connectivity index (χ1) is 11.1. The number of carbonyl (C=O) groups is 1. The Morgan fingerprint density at radius 2 is 1.92 bits per heavy atom. The highest BCUT2D eigenvalue weighted by atomic mass is 79.9. The van der Waals surface area contributed by atoms with Crippen LogP contribution < -0.4 is 5.32 Å². The van der Waals surface area contributed by atoms with Gasteiger partial charge < -0.3 is 5.32 Å². The summed E-state index contributed by atoms with van der Waals surface area (Å²) >= 11 is 8.82. The number of hydrogen-bond donors (Lipinski definition) is 1. The van der Waals surface area contributed by atoms with Gasteiger partial charge in [-0.05, 0) is 46.3 Å². The maximum Gasteiger partial charge on any atom is 0.255 e. The van der Waals surface area contributed by atoms with Crippen molar-refractivity contribution >= 4 is 49.1 Å². The Hall–Kier alpha value is -1.48. The number of anilines is 1. The monoisotopic (exact) mass is 434 g/mol. The van der Waals surface area contributed by atoms with E-state index >= 15 is 0 Å². The van der Waals surface area contributed by atoms with Gasteiger partial charge in [-0.15, -0.1) is 0 Å². The van der Waals surface area contributed by atoms with E-state index in [1.54, 1.807) is 0 Å². The lowest BCUT2D eigenvalue weighted by Crippen LogP contribution is -2.23. The van der Waals surface area contributed by atoms with Crippen molar-refractivity contribution < 1.29 is 17.6 Å². The molecule has 0 saturated carbocycles. The van der Waals surface area contributed by atoms with Crippen molar-refractivity contribution in [1.29, 1.82) is 0 Å². The van der Waals surface area contributed by atoms with Crippen LogP contribution in [0.25, 0.3) is 0 Å². The lowest BCUT2D eigenvalue weighted by molar-refractivity contribution is 0.102. The number of halogens is 3. The highest BCUT2D eigenvalue weighted by Gasteiger charge is 2.22. The molecule has 0 spiro atoms. The number of benzene rings is 2. The van der Waals surface area contributed by atoms with Gasteiger partial charge in [0.05, 0.1) is 15.6 Å². The van der Waals surface area contributed by atoms with E-state index in [1.165, 1.54) is 50.5 Å². The van der Waals surface area contributed by atoms with Gasteiger partial charge in [0.25, 0.3) is 5.91 Å². The largest absolute Gasteiger partial charge is 0.319 e. The summed E-state index contributed by atoms with van der Waals surface area (Å²) in [6.45, 7) is 0. The second-order valence-electron chi connectivity index (χ2n) is 4.99. The molecule has 0 bridgehead atoms. The lowest BCUT2D eigenvalue weighted by atomic mass is 10.2. The van der Waals surface area contributed by atoms with Crippen molar-refractivity contribution in [2.45, 2.75) is 4.90 Å². The second-order valence-corrected chi connectivity index (χ2v) is 8.37. The van der Waals surface area contributed by atoms with E-state index < -0.39 is 21.7 Å². The summed E-state index contributed by atoms with van der Waals surface area (Å²) in [6.07, 6.45) is 0. The standard InChI is InChI=1S/C15H13BrClFN2O3S/c1-20(2)24(22,23)13-8-9(6-7-10(13)16)15(21)19-12-5-3-4-11(17)14(12)18/h3-8H,1-2H3,(H,19,21). The van der Waals surface area contributed by atoms with Crippen LogP contribution in [0.15, 0.2) is 45.8 Å². The second kappa shape index (κ2) is 7.18. The van der Waals surface area contributed by atoms with E-state index in [-0.39, 0.29) is 21.2 Å². The van der Waals surface area contributed by atoms with E-state index in [1.807, 2.05) is 0 Å². The van der Waals surface area contributed by atoms with Gasteiger partial charge in [0.15, 0.2) is 5.82 Å². The van der Waals surface area contributed by atoms with Gasteiger partial charge >= 0.3 is 0 Å². The Balaban J connectivity index is 2.40. The maximum absolute atomic E-state index is 13.9. The molecule has 1 amide bonds. The van der Waals surface area contributed by atoms with E-state index in [9.17, 15) is 17.6 Å². The predicted molar refractivity (Wildman–Crippen MR) is 94.4 cm³/mol. The summed E-state index contributed by atoms with van der Waals surface area (Å²) in [5.74, 6) is -1.41. The topological polar surface area (TPSA) is 66.5 Å². The molecule has 0 radical (unpaired) electrons. The molecule has 0 aliphatic rings. The minimum Gasteiger partial charge on any atom is -0.319 e. The number of nitrogens with zero attached hydrogens (tertiary/aromatic N) is 1. The number of amides is 1. The van der Waals surface area contributed by atoms with Crippen molar-refractivity contribution in [2.75, 3.05) is 19.4 Å². The Bertz CT molecular complexity index is 904. The first-order valence-corrected chi connectivity index (χ1v) is 9.23. The lowest BCUT2D eigenvalue weighted by Gasteiger charge is -2.14. The van der Waals surface area contributed by atoms with Crippen LogP contribution in [0.2, 0.25) is 5.02 Å². The predicted octanol–water partition coefficient (Wildman–Crippen LogP) is 3.74. The molecule has 5 nitrogen and oxygen atoms in total. The number of rotatable bonds is 4. The third-order valence-electron chi connectivity index (χ3n) is 3.15. The summed E-state index contributed by atoms with van der Waals surface area (Å²) in [4.78, 5) is 12.2. The Morgan fingerprint density at radius 1 is 1.25 bits per heavy atom. The average Bonchev–Trinajstić information content (AvgIpc) is 2.51. The van der Waals surface area contributed by atoms with E-state index in [4.69, 9.17) is 11.6 Å². The molecule has 0 aromatic heterocycles. The van der Waals surface area contributed by atoms with Crippen LogP contribution in [-0.2, 0) is 10.0 Å². The quantitative estimate of drug-likeness (QED) is 0.795. The highest BCUT2D eigenvalue weighted by molar-refractivity contribution is 9.10. The van der Waals surface area contributed by atoms with Crippen molar-refractivity contribution in [3.63, 3.8) is 0 Å². The molecule has 1 N–H and O–H groups in total. The van der Waals surface area contributed by atoms with Crippen LogP contribution in [0.5, 0.6) is 0 Å². The summed E-state index contributed by atoms with van der Waals surface area (Å²) in [6, 6.07) is 8.29. The van der Waals surface area contributed by atoms with Crippen molar-refractivity contribution in [2.24, 2.45) is 0 Å². The molecule has 128 valence electrons. The van der Waals surface area contributed by atoms with Crippen LogP contribution in [0, 0.1) is 5.82 Å². The van der Waals surface area contributed by atoms with Crippen molar-refractivity contribution in [3.05, 3.63) is 57.3 Å². The molecule has 0 aliphatic heterocycles. The van der Waals surface area contributed by atoms with Crippen LogP contribution in [0.3, 0.4) is 0 Å². The smallest absolute Gasteiger partial charge is 0.255 e. The number of sulfonamides is 1. The molecule has 0 heterocycles. The first kappa shape index (κ1) is 18.9. The van der Waals surface area contributed by atoms with Crippen LogP contribution in [0.4, 0.5) is 10.1 Å². The fourth-order valence-corrected chi connectivity index (χ4v) is 3.85. The molecule has 2 rings (SSSR count). The van der Waals surface area contributed by atoms with Gasteiger partial charge in [-0.2, -0.15) is 0 Å². The minimum absolute atomic E-state index is 0.0632. The molecule has 0 fully saturated rings. The van der Waals surface area contributed by atoms with E-state index in [2.05, 4.69) is 21.2 Å². The van der Waals surface area contributed by atoms with Gasteiger partial charge in [-0.25, -0.2) is 17.1 Å². The zero-order chi connectivity index (χ0) is 18.1. The summed E-state index contributed by atoms with van der Waals surface area (Å²) < 4.78 is 39.8. The van der Waals surface area contributed by atoms with E-state index in [0.717, 1.165) is 4.31 Å². The Morgan fingerprint density at radius 3 is 2.54 bits per heavy atom. The van der Waals surface area contributed by atoms with Gasteiger partial charge in [0, 0.05) is 24.1 Å². The summed E-state index contributed by atoms with van der Waals surface area (Å²) in [5, 5.41) is 2.25. The SMILES string of the molecule is CN(C)S(=O)(=O)c1cc(C(=O)Nc2cccc(Cl)c2F)ccc1Br. The van der Waals surface area contributed by atoms with Gasteiger partial charge in [0.1, 0.15) is 0 Å². The van der Waals surface area contributed by atoms with Gasteiger partial charge in [0.2, 0.25) is 10.0 Å². The maximum atomic E-state index is 13.9. The third-order valence-corrected chi connectivity index (χ3v) is 6.25.